The molecule has 0 aliphatic heterocycles. The van der Waals surface area contributed by atoms with Crippen molar-refractivity contribution in [1.82, 2.24) is 14.9 Å². The molecule has 3 amide bonds. The van der Waals surface area contributed by atoms with Gasteiger partial charge >= 0.3 is 0 Å². The van der Waals surface area contributed by atoms with Gasteiger partial charge in [0.2, 0.25) is 0 Å². The molecule has 0 bridgehead atoms. The Balaban J connectivity index is 1.86. The van der Waals surface area contributed by atoms with E-state index in [0.29, 0.717) is 17.1 Å². The third-order valence-corrected chi connectivity index (χ3v) is 4.95. The van der Waals surface area contributed by atoms with Crippen LogP contribution in [0.1, 0.15) is 31.3 Å². The SMILES string of the molecule is CNC(=O)c1ncn(-c2ccc(NC(=O)c3ccc(OC)c(OC)c3Cl)cc2)c1C(N)=O. The van der Waals surface area contributed by atoms with Gasteiger partial charge in [0.15, 0.2) is 17.2 Å². The second kappa shape index (κ2) is 9.40. The number of halogens is 1. The number of nitrogens with two attached hydrogens (primary N) is 1. The van der Waals surface area contributed by atoms with Crippen LogP contribution >= 0.6 is 11.6 Å². The van der Waals surface area contributed by atoms with E-state index in [1.807, 2.05) is 0 Å². The predicted octanol–water partition coefficient (Wildman–Crippen LogP) is 2.25. The number of methoxy groups -OCH3 is 2. The lowest BCUT2D eigenvalue weighted by atomic mass is 10.1. The summed E-state index contributed by atoms with van der Waals surface area (Å²) in [7, 11) is 4.32. The summed E-state index contributed by atoms with van der Waals surface area (Å²) in [5, 5.41) is 5.26. The molecule has 0 saturated carbocycles. The van der Waals surface area contributed by atoms with Crippen LogP contribution < -0.4 is 25.8 Å². The van der Waals surface area contributed by atoms with Gasteiger partial charge in [-0.2, -0.15) is 0 Å². The van der Waals surface area contributed by atoms with E-state index in [2.05, 4.69) is 15.6 Å². The van der Waals surface area contributed by atoms with Gasteiger partial charge < -0.3 is 25.8 Å². The largest absolute Gasteiger partial charge is 0.493 e. The number of ether oxygens (including phenoxy) is 2. The lowest BCUT2D eigenvalue weighted by Crippen LogP contribution is -2.25. The summed E-state index contributed by atoms with van der Waals surface area (Å²) in [6.45, 7) is 0. The zero-order valence-corrected chi connectivity index (χ0v) is 18.2. The molecule has 0 aliphatic rings. The Hall–Kier alpha value is -4.05. The normalized spacial score (nSPS) is 10.4. The Morgan fingerprint density at radius 2 is 1.72 bits per heavy atom. The molecule has 3 aromatic rings. The molecule has 3 rings (SSSR count). The van der Waals surface area contributed by atoms with Gasteiger partial charge in [-0.15, -0.1) is 0 Å². The standard InChI is InChI=1S/C21H20ClN5O5/c1-24-21(30)16-17(19(23)28)27(10-25-16)12-6-4-11(5-7-12)26-20(29)13-8-9-14(31-2)18(32-3)15(13)22/h4-10H,1-3H3,(H2,23,28)(H,24,30)(H,26,29). The van der Waals surface area contributed by atoms with Gasteiger partial charge in [-0.05, 0) is 36.4 Å². The molecular formula is C21H20ClN5O5. The number of benzene rings is 2. The van der Waals surface area contributed by atoms with Crippen LogP contribution in [-0.2, 0) is 0 Å². The van der Waals surface area contributed by atoms with Crippen LogP contribution in [0.15, 0.2) is 42.7 Å². The van der Waals surface area contributed by atoms with Gasteiger partial charge in [0, 0.05) is 18.4 Å². The first-order chi connectivity index (χ1) is 15.3. The summed E-state index contributed by atoms with van der Waals surface area (Å²) in [5.41, 5.74) is 6.49. The lowest BCUT2D eigenvalue weighted by molar-refractivity contribution is 0.0937. The number of primary amides is 1. The maximum absolute atomic E-state index is 12.7. The Morgan fingerprint density at radius 3 is 2.28 bits per heavy atom. The first-order valence-corrected chi connectivity index (χ1v) is 9.61. The van der Waals surface area contributed by atoms with Crippen LogP contribution in [0.4, 0.5) is 5.69 Å². The highest BCUT2D eigenvalue weighted by Crippen LogP contribution is 2.37. The van der Waals surface area contributed by atoms with Crippen LogP contribution in [0.3, 0.4) is 0 Å². The van der Waals surface area contributed by atoms with Crippen molar-refractivity contribution in [3.05, 3.63) is 64.7 Å². The fourth-order valence-corrected chi connectivity index (χ4v) is 3.35. The molecule has 0 atom stereocenters. The predicted molar refractivity (Wildman–Crippen MR) is 118 cm³/mol. The average molecular weight is 458 g/mol. The zero-order valence-electron chi connectivity index (χ0n) is 17.4. The number of aromatic nitrogens is 2. The Bertz CT molecular complexity index is 1190. The Morgan fingerprint density at radius 1 is 1.03 bits per heavy atom. The molecule has 0 aliphatic carbocycles. The summed E-state index contributed by atoms with van der Waals surface area (Å²) < 4.78 is 11.8. The first kappa shape index (κ1) is 22.6. The maximum atomic E-state index is 12.7. The lowest BCUT2D eigenvalue weighted by Gasteiger charge is -2.13. The molecule has 0 saturated heterocycles. The van der Waals surface area contributed by atoms with Crippen molar-refractivity contribution in [2.24, 2.45) is 5.73 Å². The minimum atomic E-state index is -0.804. The third kappa shape index (κ3) is 4.21. The second-order valence-electron chi connectivity index (χ2n) is 6.42. The van der Waals surface area contributed by atoms with Crippen LogP contribution in [-0.4, -0.2) is 48.5 Å². The maximum Gasteiger partial charge on any atom is 0.272 e. The molecule has 0 unspecified atom stereocenters. The van der Waals surface area contributed by atoms with Crippen molar-refractivity contribution in [3.8, 4) is 17.2 Å². The molecule has 2 aromatic carbocycles. The number of rotatable bonds is 7. The molecule has 1 heterocycles. The van der Waals surface area contributed by atoms with E-state index in [0.717, 1.165) is 0 Å². The van der Waals surface area contributed by atoms with Crippen LogP contribution in [0.5, 0.6) is 11.5 Å². The molecule has 4 N–H and O–H groups in total. The fourth-order valence-electron chi connectivity index (χ4n) is 3.03. The molecular weight excluding hydrogens is 438 g/mol. The average Bonchev–Trinajstić information content (AvgIpc) is 3.24. The molecule has 11 heteroatoms. The summed E-state index contributed by atoms with van der Waals surface area (Å²) in [6.07, 6.45) is 1.32. The van der Waals surface area contributed by atoms with Crippen molar-refractivity contribution in [1.29, 1.82) is 0 Å². The molecule has 166 valence electrons. The number of hydrogen-bond acceptors (Lipinski definition) is 6. The highest BCUT2D eigenvalue weighted by atomic mass is 35.5. The Labute approximate surface area is 188 Å². The number of anilines is 1. The molecule has 32 heavy (non-hydrogen) atoms. The van der Waals surface area contributed by atoms with Crippen molar-refractivity contribution in [3.63, 3.8) is 0 Å². The van der Waals surface area contributed by atoms with Gasteiger partial charge in [-0.25, -0.2) is 4.98 Å². The number of carbonyl (C=O) groups excluding carboxylic acids is 3. The number of amides is 3. The quantitative estimate of drug-likeness (QED) is 0.497. The van der Waals surface area contributed by atoms with Crippen molar-refractivity contribution >= 4 is 35.0 Å². The smallest absolute Gasteiger partial charge is 0.272 e. The van der Waals surface area contributed by atoms with Gasteiger partial charge in [0.1, 0.15) is 12.0 Å². The number of imidazole rings is 1. The van der Waals surface area contributed by atoms with Gasteiger partial charge in [0.05, 0.1) is 24.8 Å². The zero-order chi connectivity index (χ0) is 23.4. The van der Waals surface area contributed by atoms with E-state index in [1.54, 1.807) is 30.3 Å². The summed E-state index contributed by atoms with van der Waals surface area (Å²) in [5.74, 6) is -1.14. The van der Waals surface area contributed by atoms with Crippen molar-refractivity contribution in [2.75, 3.05) is 26.6 Å². The highest BCUT2D eigenvalue weighted by Gasteiger charge is 2.22. The second-order valence-corrected chi connectivity index (χ2v) is 6.80. The van der Waals surface area contributed by atoms with Gasteiger partial charge in [0.25, 0.3) is 17.7 Å². The third-order valence-electron chi connectivity index (χ3n) is 4.58. The summed E-state index contributed by atoms with van der Waals surface area (Å²) in [6, 6.07) is 9.61. The van der Waals surface area contributed by atoms with Crippen molar-refractivity contribution < 1.29 is 23.9 Å². The Kier molecular flexibility index (Phi) is 6.64. The van der Waals surface area contributed by atoms with Gasteiger partial charge in [-0.3, -0.25) is 19.0 Å². The van der Waals surface area contributed by atoms with E-state index >= 15 is 0 Å². The molecule has 0 spiro atoms. The van der Waals surface area contributed by atoms with E-state index in [-0.39, 0.29) is 27.7 Å². The van der Waals surface area contributed by atoms with Crippen LogP contribution in [0.2, 0.25) is 5.02 Å². The number of carbonyl (C=O) groups is 3. The summed E-state index contributed by atoms with van der Waals surface area (Å²) >= 11 is 6.29. The minimum absolute atomic E-state index is 0.0572. The van der Waals surface area contributed by atoms with E-state index in [1.165, 1.54) is 38.2 Å². The highest BCUT2D eigenvalue weighted by molar-refractivity contribution is 6.36. The van der Waals surface area contributed by atoms with Crippen molar-refractivity contribution in [2.45, 2.75) is 0 Å². The number of hydrogen-bond donors (Lipinski definition) is 3. The first-order valence-electron chi connectivity index (χ1n) is 9.23. The fraction of sp³-hybridized carbons (Fsp3) is 0.143. The molecule has 0 fully saturated rings. The van der Waals surface area contributed by atoms with Crippen LogP contribution in [0.25, 0.3) is 5.69 Å². The minimum Gasteiger partial charge on any atom is -0.493 e. The molecule has 0 radical (unpaired) electrons. The van der Waals surface area contributed by atoms with E-state index in [9.17, 15) is 14.4 Å². The van der Waals surface area contributed by atoms with Gasteiger partial charge in [-0.1, -0.05) is 11.6 Å². The van der Waals surface area contributed by atoms with E-state index in [4.69, 9.17) is 26.8 Å². The number of nitrogens with one attached hydrogen (secondary N) is 2. The monoisotopic (exact) mass is 457 g/mol. The molecule has 1 aromatic heterocycles. The topological polar surface area (TPSA) is 138 Å². The van der Waals surface area contributed by atoms with Crippen LogP contribution in [0, 0.1) is 0 Å². The number of nitrogens with zero attached hydrogens (tertiary/aromatic N) is 2. The molecule has 10 nitrogen and oxygen atoms in total. The summed E-state index contributed by atoms with van der Waals surface area (Å²) in [4.78, 5) is 40.5. The van der Waals surface area contributed by atoms with E-state index < -0.39 is 17.7 Å².